The summed E-state index contributed by atoms with van der Waals surface area (Å²) in [5.41, 5.74) is 3.31. The van der Waals surface area contributed by atoms with Crippen molar-refractivity contribution in [3.05, 3.63) is 77.7 Å². The topological polar surface area (TPSA) is 76.1 Å². The van der Waals surface area contributed by atoms with E-state index in [2.05, 4.69) is 20.6 Å². The SMILES string of the molecule is COc1cccc(Nc2cnc(C(=O)NCc3ccccc3C)cn2)c1. The van der Waals surface area contributed by atoms with E-state index < -0.39 is 0 Å². The van der Waals surface area contributed by atoms with E-state index in [0.717, 1.165) is 22.6 Å². The summed E-state index contributed by atoms with van der Waals surface area (Å²) in [5, 5.41) is 5.99. The predicted molar refractivity (Wildman–Crippen MR) is 101 cm³/mol. The maximum atomic E-state index is 12.2. The first-order valence-corrected chi connectivity index (χ1v) is 8.21. The smallest absolute Gasteiger partial charge is 0.271 e. The quantitative estimate of drug-likeness (QED) is 0.713. The van der Waals surface area contributed by atoms with Crippen molar-refractivity contribution in [2.24, 2.45) is 0 Å². The van der Waals surface area contributed by atoms with Gasteiger partial charge in [0.1, 0.15) is 17.3 Å². The molecule has 0 spiro atoms. The van der Waals surface area contributed by atoms with Crippen LogP contribution in [0.2, 0.25) is 0 Å². The molecule has 0 fully saturated rings. The molecule has 1 aromatic heterocycles. The molecular formula is C20H20N4O2. The van der Waals surface area contributed by atoms with Gasteiger partial charge in [0.05, 0.1) is 19.5 Å². The number of hydrogen-bond acceptors (Lipinski definition) is 5. The van der Waals surface area contributed by atoms with E-state index >= 15 is 0 Å². The van der Waals surface area contributed by atoms with Gasteiger partial charge < -0.3 is 15.4 Å². The zero-order valence-electron chi connectivity index (χ0n) is 14.7. The second kappa shape index (κ2) is 8.11. The normalized spacial score (nSPS) is 10.2. The van der Waals surface area contributed by atoms with Gasteiger partial charge in [-0.1, -0.05) is 30.3 Å². The minimum Gasteiger partial charge on any atom is -0.497 e. The van der Waals surface area contributed by atoms with Gasteiger partial charge in [-0.3, -0.25) is 4.79 Å². The Balaban J connectivity index is 1.61. The Hall–Kier alpha value is -3.41. The van der Waals surface area contributed by atoms with Gasteiger partial charge in [-0.25, -0.2) is 9.97 Å². The molecule has 0 bridgehead atoms. The largest absolute Gasteiger partial charge is 0.497 e. The van der Waals surface area contributed by atoms with Crippen molar-refractivity contribution in [2.45, 2.75) is 13.5 Å². The van der Waals surface area contributed by atoms with Crippen LogP contribution < -0.4 is 15.4 Å². The number of amides is 1. The van der Waals surface area contributed by atoms with Crippen LogP contribution in [0, 0.1) is 6.92 Å². The highest BCUT2D eigenvalue weighted by molar-refractivity contribution is 5.92. The van der Waals surface area contributed by atoms with Crippen molar-refractivity contribution < 1.29 is 9.53 Å². The molecule has 132 valence electrons. The third kappa shape index (κ3) is 4.36. The van der Waals surface area contributed by atoms with E-state index in [1.807, 2.05) is 55.5 Å². The molecular weight excluding hydrogens is 328 g/mol. The number of aryl methyl sites for hydroxylation is 1. The van der Waals surface area contributed by atoms with Crippen molar-refractivity contribution in [3.63, 3.8) is 0 Å². The first kappa shape index (κ1) is 17.4. The summed E-state index contributed by atoms with van der Waals surface area (Å²) in [7, 11) is 1.61. The van der Waals surface area contributed by atoms with Gasteiger partial charge in [0.2, 0.25) is 0 Å². The molecule has 0 atom stereocenters. The van der Waals surface area contributed by atoms with E-state index in [4.69, 9.17) is 4.74 Å². The maximum Gasteiger partial charge on any atom is 0.271 e. The minimum absolute atomic E-state index is 0.256. The van der Waals surface area contributed by atoms with Gasteiger partial charge in [-0.2, -0.15) is 0 Å². The molecule has 1 amide bonds. The van der Waals surface area contributed by atoms with Crippen LogP contribution in [-0.2, 0) is 6.54 Å². The van der Waals surface area contributed by atoms with Crippen LogP contribution in [-0.4, -0.2) is 23.0 Å². The lowest BCUT2D eigenvalue weighted by atomic mass is 10.1. The average molecular weight is 348 g/mol. The molecule has 1 heterocycles. The number of rotatable bonds is 6. The van der Waals surface area contributed by atoms with E-state index in [1.165, 1.54) is 12.4 Å². The Labute approximate surface area is 152 Å². The van der Waals surface area contributed by atoms with Crippen LogP contribution >= 0.6 is 0 Å². The van der Waals surface area contributed by atoms with Gasteiger partial charge in [0.15, 0.2) is 0 Å². The van der Waals surface area contributed by atoms with Crippen LogP contribution in [0.5, 0.6) is 5.75 Å². The molecule has 6 nitrogen and oxygen atoms in total. The van der Waals surface area contributed by atoms with Crippen LogP contribution in [0.4, 0.5) is 11.5 Å². The molecule has 26 heavy (non-hydrogen) atoms. The van der Waals surface area contributed by atoms with Gasteiger partial charge >= 0.3 is 0 Å². The predicted octanol–water partition coefficient (Wildman–Crippen LogP) is 3.47. The van der Waals surface area contributed by atoms with Crippen LogP contribution in [0.3, 0.4) is 0 Å². The number of aromatic nitrogens is 2. The number of carbonyl (C=O) groups excluding carboxylic acids is 1. The Kier molecular flexibility index (Phi) is 5.43. The average Bonchev–Trinajstić information content (AvgIpc) is 2.68. The molecule has 0 aliphatic heterocycles. The maximum absolute atomic E-state index is 12.2. The molecule has 2 N–H and O–H groups in total. The number of benzene rings is 2. The van der Waals surface area contributed by atoms with Gasteiger partial charge in [-0.15, -0.1) is 0 Å². The number of anilines is 2. The third-order valence-corrected chi connectivity index (χ3v) is 3.93. The fourth-order valence-corrected chi connectivity index (χ4v) is 2.43. The highest BCUT2D eigenvalue weighted by Crippen LogP contribution is 2.19. The Morgan fingerprint density at radius 3 is 2.65 bits per heavy atom. The van der Waals surface area contributed by atoms with Crippen LogP contribution in [0.1, 0.15) is 21.6 Å². The van der Waals surface area contributed by atoms with Gasteiger partial charge in [0.25, 0.3) is 5.91 Å². The molecule has 0 aliphatic rings. The highest BCUT2D eigenvalue weighted by Gasteiger charge is 2.09. The summed E-state index contributed by atoms with van der Waals surface area (Å²) < 4.78 is 5.19. The molecule has 2 aromatic carbocycles. The third-order valence-electron chi connectivity index (χ3n) is 3.93. The molecule has 0 saturated heterocycles. The number of nitrogens with one attached hydrogen (secondary N) is 2. The summed E-state index contributed by atoms with van der Waals surface area (Å²) in [4.78, 5) is 20.7. The fraction of sp³-hybridized carbons (Fsp3) is 0.150. The zero-order chi connectivity index (χ0) is 18.4. The second-order valence-corrected chi connectivity index (χ2v) is 5.75. The number of methoxy groups -OCH3 is 1. The van der Waals surface area contributed by atoms with Crippen molar-refractivity contribution >= 4 is 17.4 Å². The molecule has 0 aliphatic carbocycles. The van der Waals surface area contributed by atoms with E-state index in [0.29, 0.717) is 12.4 Å². The summed E-state index contributed by atoms with van der Waals surface area (Å²) in [5.74, 6) is 1.04. The highest BCUT2D eigenvalue weighted by atomic mass is 16.5. The number of hydrogen-bond donors (Lipinski definition) is 2. The number of carbonyl (C=O) groups is 1. The lowest BCUT2D eigenvalue weighted by molar-refractivity contribution is 0.0945. The van der Waals surface area contributed by atoms with Gasteiger partial charge in [-0.05, 0) is 30.2 Å². The molecule has 0 unspecified atom stereocenters. The lowest BCUT2D eigenvalue weighted by Gasteiger charge is -2.09. The van der Waals surface area contributed by atoms with Crippen LogP contribution in [0.15, 0.2) is 60.9 Å². The fourth-order valence-electron chi connectivity index (χ4n) is 2.43. The van der Waals surface area contributed by atoms with E-state index in [1.54, 1.807) is 7.11 Å². The molecule has 3 rings (SSSR count). The van der Waals surface area contributed by atoms with Crippen molar-refractivity contribution in [3.8, 4) is 5.75 Å². The molecule has 3 aromatic rings. The first-order valence-electron chi connectivity index (χ1n) is 8.21. The summed E-state index contributed by atoms with van der Waals surface area (Å²) in [6, 6.07) is 15.4. The van der Waals surface area contributed by atoms with E-state index in [-0.39, 0.29) is 11.6 Å². The lowest BCUT2D eigenvalue weighted by Crippen LogP contribution is -2.24. The summed E-state index contributed by atoms with van der Waals surface area (Å²) >= 11 is 0. The van der Waals surface area contributed by atoms with Crippen molar-refractivity contribution in [2.75, 3.05) is 12.4 Å². The Bertz CT molecular complexity index is 894. The summed E-state index contributed by atoms with van der Waals surface area (Å²) in [6.45, 7) is 2.47. The van der Waals surface area contributed by atoms with Crippen molar-refractivity contribution in [1.29, 1.82) is 0 Å². The minimum atomic E-state index is -0.256. The number of nitrogens with zero attached hydrogens (tertiary/aromatic N) is 2. The Morgan fingerprint density at radius 1 is 1.08 bits per heavy atom. The van der Waals surface area contributed by atoms with Gasteiger partial charge in [0, 0.05) is 18.3 Å². The second-order valence-electron chi connectivity index (χ2n) is 5.75. The van der Waals surface area contributed by atoms with Crippen molar-refractivity contribution in [1.82, 2.24) is 15.3 Å². The molecule has 0 radical (unpaired) electrons. The standard InChI is InChI=1S/C20H20N4O2/c1-14-6-3-4-7-15(14)11-23-20(25)18-12-22-19(13-21-18)24-16-8-5-9-17(10-16)26-2/h3-10,12-13H,11H2,1-2H3,(H,22,24)(H,23,25). The molecule has 6 heteroatoms. The van der Waals surface area contributed by atoms with Crippen LogP contribution in [0.25, 0.3) is 0 Å². The number of ether oxygens (including phenoxy) is 1. The first-order chi connectivity index (χ1) is 12.7. The monoisotopic (exact) mass is 348 g/mol. The Morgan fingerprint density at radius 2 is 1.92 bits per heavy atom. The van der Waals surface area contributed by atoms with E-state index in [9.17, 15) is 4.79 Å². The zero-order valence-corrected chi connectivity index (χ0v) is 14.7. The summed E-state index contributed by atoms with van der Waals surface area (Å²) in [6.07, 6.45) is 2.98. The molecule has 0 saturated carbocycles.